The maximum absolute atomic E-state index is 12.1. The number of anilines is 1. The van der Waals surface area contributed by atoms with Gasteiger partial charge in [-0.25, -0.2) is 16.8 Å². The summed E-state index contributed by atoms with van der Waals surface area (Å²) in [6, 6.07) is 5.74. The SMILES string of the molecule is CS(=O)(=O)c1ccc(NS(=O)(=O)CC2CCNCC2)cc1. The second-order valence-electron chi connectivity index (χ2n) is 5.37. The van der Waals surface area contributed by atoms with Crippen LogP contribution in [0.25, 0.3) is 0 Å². The summed E-state index contributed by atoms with van der Waals surface area (Å²) in [4.78, 5) is 0.170. The molecule has 1 saturated heterocycles. The largest absolute Gasteiger partial charge is 0.317 e. The Kier molecular flexibility index (Phi) is 4.90. The summed E-state index contributed by atoms with van der Waals surface area (Å²) in [6.45, 7) is 1.70. The summed E-state index contributed by atoms with van der Waals surface area (Å²) in [6.07, 6.45) is 2.82. The van der Waals surface area contributed by atoms with E-state index in [0.717, 1.165) is 32.2 Å². The van der Waals surface area contributed by atoms with Crippen molar-refractivity contribution in [3.63, 3.8) is 0 Å². The molecule has 1 aliphatic rings. The van der Waals surface area contributed by atoms with Crippen molar-refractivity contribution < 1.29 is 16.8 Å². The van der Waals surface area contributed by atoms with Crippen molar-refractivity contribution in [2.45, 2.75) is 17.7 Å². The van der Waals surface area contributed by atoms with Crippen LogP contribution in [-0.2, 0) is 19.9 Å². The Bertz CT molecular complexity index is 675. The number of hydrogen-bond donors (Lipinski definition) is 2. The van der Waals surface area contributed by atoms with Crippen LogP contribution in [0.1, 0.15) is 12.8 Å². The third-order valence-corrected chi connectivity index (χ3v) is 6.06. The lowest BCUT2D eigenvalue weighted by molar-refractivity contribution is 0.402. The number of sulfone groups is 1. The van der Waals surface area contributed by atoms with Gasteiger partial charge in [-0.3, -0.25) is 4.72 Å². The summed E-state index contributed by atoms with van der Waals surface area (Å²) in [5.74, 6) is 0.265. The normalized spacial score (nSPS) is 17.6. The monoisotopic (exact) mass is 332 g/mol. The topological polar surface area (TPSA) is 92.3 Å². The Labute approximate surface area is 125 Å². The summed E-state index contributed by atoms with van der Waals surface area (Å²) in [5, 5.41) is 3.20. The standard InChI is InChI=1S/C13H20N2O4S2/c1-20(16,17)13-4-2-12(3-5-13)15-21(18,19)10-11-6-8-14-9-7-11/h2-5,11,14-15H,6-10H2,1H3. The van der Waals surface area contributed by atoms with Crippen LogP contribution in [-0.4, -0.2) is 41.9 Å². The van der Waals surface area contributed by atoms with Gasteiger partial charge in [0.25, 0.3) is 0 Å². The van der Waals surface area contributed by atoms with Gasteiger partial charge in [-0.05, 0) is 56.1 Å². The third kappa shape index (κ3) is 4.98. The average molecular weight is 332 g/mol. The number of piperidine rings is 1. The van der Waals surface area contributed by atoms with E-state index in [1.54, 1.807) is 0 Å². The molecule has 1 fully saturated rings. The van der Waals surface area contributed by atoms with E-state index in [4.69, 9.17) is 0 Å². The van der Waals surface area contributed by atoms with E-state index in [-0.39, 0.29) is 16.6 Å². The lowest BCUT2D eigenvalue weighted by Crippen LogP contribution is -2.33. The summed E-state index contributed by atoms with van der Waals surface area (Å²) < 4.78 is 49.4. The van der Waals surface area contributed by atoms with E-state index in [1.807, 2.05) is 0 Å². The maximum atomic E-state index is 12.1. The molecule has 1 aliphatic heterocycles. The van der Waals surface area contributed by atoms with Gasteiger partial charge in [0.15, 0.2) is 9.84 Å². The number of nitrogens with one attached hydrogen (secondary N) is 2. The first-order valence-corrected chi connectivity index (χ1v) is 10.3. The third-order valence-electron chi connectivity index (χ3n) is 3.47. The smallest absolute Gasteiger partial charge is 0.232 e. The lowest BCUT2D eigenvalue weighted by atomic mass is 10.0. The van der Waals surface area contributed by atoms with E-state index >= 15 is 0 Å². The van der Waals surface area contributed by atoms with Crippen LogP contribution in [0.5, 0.6) is 0 Å². The van der Waals surface area contributed by atoms with Crippen molar-refractivity contribution in [1.29, 1.82) is 0 Å². The summed E-state index contributed by atoms with van der Waals surface area (Å²) in [7, 11) is -6.68. The highest BCUT2D eigenvalue weighted by molar-refractivity contribution is 7.92. The Balaban J connectivity index is 2.02. The number of rotatable bonds is 5. The number of benzene rings is 1. The van der Waals surface area contributed by atoms with E-state index in [1.165, 1.54) is 24.3 Å². The Hall–Kier alpha value is -1.12. The van der Waals surface area contributed by atoms with Crippen LogP contribution in [0, 0.1) is 5.92 Å². The van der Waals surface area contributed by atoms with Crippen LogP contribution < -0.4 is 10.0 Å². The first-order valence-electron chi connectivity index (χ1n) is 6.78. The van der Waals surface area contributed by atoms with Crippen LogP contribution in [0.3, 0.4) is 0 Å². The molecule has 0 spiro atoms. The quantitative estimate of drug-likeness (QED) is 0.833. The predicted octanol–water partition coefficient (Wildman–Crippen LogP) is 0.831. The highest BCUT2D eigenvalue weighted by atomic mass is 32.2. The van der Waals surface area contributed by atoms with Gasteiger partial charge in [0.2, 0.25) is 10.0 Å². The minimum Gasteiger partial charge on any atom is -0.317 e. The van der Waals surface area contributed by atoms with Crippen LogP contribution in [0.4, 0.5) is 5.69 Å². The Morgan fingerprint density at radius 3 is 2.19 bits per heavy atom. The second-order valence-corrected chi connectivity index (χ2v) is 9.16. The fourth-order valence-electron chi connectivity index (χ4n) is 2.35. The molecule has 21 heavy (non-hydrogen) atoms. The van der Waals surface area contributed by atoms with Gasteiger partial charge in [0, 0.05) is 11.9 Å². The molecule has 6 nitrogen and oxygen atoms in total. The van der Waals surface area contributed by atoms with Gasteiger partial charge in [0.1, 0.15) is 0 Å². The number of hydrogen-bond acceptors (Lipinski definition) is 5. The van der Waals surface area contributed by atoms with Gasteiger partial charge < -0.3 is 5.32 Å². The van der Waals surface area contributed by atoms with Crippen LogP contribution in [0.2, 0.25) is 0 Å². The van der Waals surface area contributed by atoms with Gasteiger partial charge >= 0.3 is 0 Å². The zero-order valence-corrected chi connectivity index (χ0v) is 13.5. The highest BCUT2D eigenvalue weighted by Gasteiger charge is 2.21. The predicted molar refractivity (Wildman–Crippen MR) is 82.6 cm³/mol. The average Bonchev–Trinajstić information content (AvgIpc) is 2.38. The molecule has 0 saturated carbocycles. The van der Waals surface area contributed by atoms with Crippen LogP contribution >= 0.6 is 0 Å². The molecule has 0 atom stereocenters. The molecule has 1 heterocycles. The molecule has 0 aromatic heterocycles. The molecule has 118 valence electrons. The fourth-order valence-corrected chi connectivity index (χ4v) is 4.51. The minimum atomic E-state index is -3.41. The lowest BCUT2D eigenvalue weighted by Gasteiger charge is -2.22. The molecular weight excluding hydrogens is 312 g/mol. The maximum Gasteiger partial charge on any atom is 0.232 e. The zero-order chi connectivity index (χ0) is 15.5. The molecule has 0 radical (unpaired) electrons. The van der Waals surface area contributed by atoms with Gasteiger partial charge in [0.05, 0.1) is 10.6 Å². The van der Waals surface area contributed by atoms with Gasteiger partial charge in [-0.2, -0.15) is 0 Å². The molecule has 0 amide bonds. The summed E-state index contributed by atoms with van der Waals surface area (Å²) >= 11 is 0. The van der Waals surface area contributed by atoms with E-state index in [0.29, 0.717) is 5.69 Å². The van der Waals surface area contributed by atoms with Crippen molar-refractivity contribution in [1.82, 2.24) is 5.32 Å². The second kappa shape index (κ2) is 6.33. The van der Waals surface area contributed by atoms with E-state index in [2.05, 4.69) is 10.0 Å². The first kappa shape index (κ1) is 16.3. The molecule has 2 rings (SSSR count). The van der Waals surface area contributed by atoms with E-state index < -0.39 is 19.9 Å². The molecule has 0 aliphatic carbocycles. The molecular formula is C13H20N2O4S2. The molecule has 0 unspecified atom stereocenters. The molecule has 8 heteroatoms. The van der Waals surface area contributed by atoms with Gasteiger partial charge in [-0.15, -0.1) is 0 Å². The Morgan fingerprint density at radius 2 is 1.67 bits per heavy atom. The molecule has 2 N–H and O–H groups in total. The van der Waals surface area contributed by atoms with Crippen molar-refractivity contribution in [2.24, 2.45) is 5.92 Å². The van der Waals surface area contributed by atoms with Crippen molar-refractivity contribution in [2.75, 3.05) is 29.8 Å². The molecule has 1 aromatic rings. The zero-order valence-electron chi connectivity index (χ0n) is 11.9. The highest BCUT2D eigenvalue weighted by Crippen LogP contribution is 2.18. The summed E-state index contributed by atoms with van der Waals surface area (Å²) in [5.41, 5.74) is 0.385. The minimum absolute atomic E-state index is 0.0997. The van der Waals surface area contributed by atoms with Crippen molar-refractivity contribution >= 4 is 25.5 Å². The molecule has 1 aromatic carbocycles. The number of sulfonamides is 1. The van der Waals surface area contributed by atoms with Crippen molar-refractivity contribution in [3.05, 3.63) is 24.3 Å². The van der Waals surface area contributed by atoms with E-state index in [9.17, 15) is 16.8 Å². The van der Waals surface area contributed by atoms with Crippen molar-refractivity contribution in [3.8, 4) is 0 Å². The Morgan fingerprint density at radius 1 is 1.10 bits per heavy atom. The fraction of sp³-hybridized carbons (Fsp3) is 0.538. The first-order chi connectivity index (χ1) is 9.76. The van der Waals surface area contributed by atoms with Crippen LogP contribution in [0.15, 0.2) is 29.2 Å². The molecule has 0 bridgehead atoms. The van der Waals surface area contributed by atoms with Gasteiger partial charge in [-0.1, -0.05) is 0 Å².